The number of rotatable bonds is 13. The van der Waals surface area contributed by atoms with Gasteiger partial charge in [-0.2, -0.15) is 0 Å². The molecule has 0 aliphatic carbocycles. The third-order valence-corrected chi connectivity index (χ3v) is 4.31. The second-order valence-electron chi connectivity index (χ2n) is 6.34. The van der Waals surface area contributed by atoms with Crippen LogP contribution in [0.15, 0.2) is 30.3 Å². The zero-order valence-corrected chi connectivity index (χ0v) is 14.7. The quantitative estimate of drug-likeness (QED) is 0.416. The van der Waals surface area contributed by atoms with Crippen molar-refractivity contribution < 1.29 is 14.6 Å². The first-order valence-corrected chi connectivity index (χ1v) is 9.12. The van der Waals surface area contributed by atoms with Gasteiger partial charge in [0.05, 0.1) is 0 Å². The van der Waals surface area contributed by atoms with Crippen molar-refractivity contribution in [1.82, 2.24) is 0 Å². The van der Waals surface area contributed by atoms with Crippen LogP contribution in [-0.4, -0.2) is 34.0 Å². The fraction of sp³-hybridized carbons (Fsp3) is 0.650. The fourth-order valence-corrected chi connectivity index (χ4v) is 2.87. The first-order valence-electron chi connectivity index (χ1n) is 9.12. The molecule has 0 fully saturated rings. The van der Waals surface area contributed by atoms with Gasteiger partial charge in [-0.1, -0.05) is 70.6 Å². The maximum absolute atomic E-state index is 12.0. The Labute approximate surface area is 157 Å². The van der Waals surface area contributed by atoms with Crippen LogP contribution in [0.4, 0.5) is 0 Å². The standard InChI is InChI=1S/C20H32O3.Al.3H/c1-3-5-7-12-16-20(19(21)22,17-13-8-6-4-2)23-18-14-10-9-11-15-18;;;;/h9-11,14-15H,3-8,12-13,16-17H2,1-2H3,(H,21,22);;;;. The van der Waals surface area contributed by atoms with Crippen LogP contribution >= 0.6 is 0 Å². The fourth-order valence-electron chi connectivity index (χ4n) is 2.87. The molecule has 0 radical (unpaired) electrons. The Kier molecular flexibility index (Phi) is 12.8. The van der Waals surface area contributed by atoms with Gasteiger partial charge in [0.2, 0.25) is 5.60 Å². The van der Waals surface area contributed by atoms with E-state index < -0.39 is 11.6 Å². The molecule has 0 heterocycles. The highest BCUT2D eigenvalue weighted by molar-refractivity contribution is 5.78. The van der Waals surface area contributed by atoms with Crippen molar-refractivity contribution in [3.63, 3.8) is 0 Å². The highest BCUT2D eigenvalue weighted by atomic mass is 27.0. The molecular weight excluding hydrogens is 315 g/mol. The van der Waals surface area contributed by atoms with E-state index in [9.17, 15) is 9.90 Å². The SMILES string of the molecule is CCCCCCC(CCCCCC)(Oc1ccccc1)C(=O)O.[AlH3]. The molecule has 0 aromatic heterocycles. The number of hydrogen-bond donors (Lipinski definition) is 1. The molecule has 1 rings (SSSR count). The van der Waals surface area contributed by atoms with E-state index in [1.807, 2.05) is 30.3 Å². The van der Waals surface area contributed by atoms with Crippen molar-refractivity contribution in [3.8, 4) is 5.75 Å². The Morgan fingerprint density at radius 1 is 0.917 bits per heavy atom. The Morgan fingerprint density at radius 3 is 1.83 bits per heavy atom. The lowest BCUT2D eigenvalue weighted by atomic mass is 9.89. The molecule has 0 bridgehead atoms. The highest BCUT2D eigenvalue weighted by Crippen LogP contribution is 2.30. The number of ether oxygens (including phenoxy) is 1. The molecule has 1 aromatic rings. The van der Waals surface area contributed by atoms with Gasteiger partial charge in [-0.15, -0.1) is 0 Å². The minimum Gasteiger partial charge on any atom is -0.478 e. The Balaban J connectivity index is 0.00000529. The summed E-state index contributed by atoms with van der Waals surface area (Å²) in [6.07, 6.45) is 9.71. The van der Waals surface area contributed by atoms with Gasteiger partial charge in [0, 0.05) is 0 Å². The summed E-state index contributed by atoms with van der Waals surface area (Å²) in [5.74, 6) is -0.171. The number of carboxylic acid groups (broad SMARTS) is 1. The lowest BCUT2D eigenvalue weighted by Gasteiger charge is -2.31. The molecule has 1 aromatic carbocycles. The number of hydrogen-bond acceptors (Lipinski definition) is 2. The molecule has 0 atom stereocenters. The summed E-state index contributed by atoms with van der Waals surface area (Å²) >= 11 is 0. The van der Waals surface area contributed by atoms with Crippen molar-refractivity contribution in [2.24, 2.45) is 0 Å². The van der Waals surface area contributed by atoms with Gasteiger partial charge >= 0.3 is 5.97 Å². The van der Waals surface area contributed by atoms with E-state index in [0.29, 0.717) is 18.6 Å². The van der Waals surface area contributed by atoms with Crippen molar-refractivity contribution in [1.29, 1.82) is 0 Å². The Morgan fingerprint density at radius 2 is 1.42 bits per heavy atom. The molecule has 0 saturated carbocycles. The van der Waals surface area contributed by atoms with Crippen molar-refractivity contribution in [2.75, 3.05) is 0 Å². The molecule has 4 heteroatoms. The van der Waals surface area contributed by atoms with Crippen LogP contribution in [0.5, 0.6) is 5.75 Å². The monoisotopic (exact) mass is 350 g/mol. The number of carbonyl (C=O) groups is 1. The van der Waals surface area contributed by atoms with E-state index in [2.05, 4.69) is 13.8 Å². The molecular formula is C20H35AlO3. The molecule has 136 valence electrons. The second-order valence-corrected chi connectivity index (χ2v) is 6.34. The maximum atomic E-state index is 12.0. The Bertz CT molecular complexity index is 422. The predicted octanol–water partition coefficient (Wildman–Crippen LogP) is 4.65. The molecule has 0 amide bonds. The van der Waals surface area contributed by atoms with Gasteiger partial charge < -0.3 is 9.84 Å². The summed E-state index contributed by atoms with van der Waals surface area (Å²) in [6, 6.07) is 9.37. The zero-order valence-electron chi connectivity index (χ0n) is 14.7. The van der Waals surface area contributed by atoms with Crippen LogP contribution < -0.4 is 4.74 Å². The molecule has 0 aliphatic rings. The summed E-state index contributed by atoms with van der Waals surface area (Å²) in [5.41, 5.74) is -1.08. The van der Waals surface area contributed by atoms with E-state index in [1.54, 1.807) is 0 Å². The van der Waals surface area contributed by atoms with Gasteiger partial charge in [0.25, 0.3) is 0 Å². The molecule has 3 nitrogen and oxygen atoms in total. The van der Waals surface area contributed by atoms with Crippen molar-refractivity contribution in [2.45, 2.75) is 83.7 Å². The van der Waals surface area contributed by atoms with Crippen LogP contribution in [0.3, 0.4) is 0 Å². The maximum Gasteiger partial charge on any atom is 0.348 e. The Hall–Kier alpha value is -0.978. The second kappa shape index (κ2) is 13.3. The molecule has 0 spiro atoms. The molecule has 0 saturated heterocycles. The molecule has 0 unspecified atom stereocenters. The third-order valence-electron chi connectivity index (χ3n) is 4.31. The first-order chi connectivity index (χ1) is 11.1. The molecule has 24 heavy (non-hydrogen) atoms. The smallest absolute Gasteiger partial charge is 0.348 e. The topological polar surface area (TPSA) is 46.5 Å². The summed E-state index contributed by atoms with van der Waals surface area (Å²) < 4.78 is 6.02. The van der Waals surface area contributed by atoms with Crippen molar-refractivity contribution in [3.05, 3.63) is 30.3 Å². The minimum absolute atomic E-state index is 0. The summed E-state index contributed by atoms with van der Waals surface area (Å²) in [6.45, 7) is 4.32. The van der Waals surface area contributed by atoms with E-state index in [4.69, 9.17) is 4.74 Å². The number of unbranched alkanes of at least 4 members (excludes halogenated alkanes) is 6. The average Bonchev–Trinajstić information content (AvgIpc) is 2.56. The predicted molar refractivity (Wildman–Crippen MR) is 105 cm³/mol. The lowest BCUT2D eigenvalue weighted by Crippen LogP contribution is -2.44. The van der Waals surface area contributed by atoms with Crippen LogP contribution in [0.1, 0.15) is 78.1 Å². The van der Waals surface area contributed by atoms with Gasteiger partial charge in [-0.3, -0.25) is 0 Å². The van der Waals surface area contributed by atoms with Gasteiger partial charge in [-0.05, 0) is 37.8 Å². The zero-order chi connectivity index (χ0) is 17.0. The first kappa shape index (κ1) is 23.0. The summed E-state index contributed by atoms with van der Waals surface area (Å²) in [5, 5.41) is 9.87. The highest BCUT2D eigenvalue weighted by Gasteiger charge is 2.39. The van der Waals surface area contributed by atoms with E-state index >= 15 is 0 Å². The van der Waals surface area contributed by atoms with E-state index in [0.717, 1.165) is 51.4 Å². The van der Waals surface area contributed by atoms with E-state index in [-0.39, 0.29) is 17.4 Å². The van der Waals surface area contributed by atoms with Gasteiger partial charge in [0.1, 0.15) is 5.75 Å². The molecule has 1 N–H and O–H groups in total. The number of benzene rings is 1. The van der Waals surface area contributed by atoms with E-state index in [1.165, 1.54) is 0 Å². The molecule has 0 aliphatic heterocycles. The number of carboxylic acids is 1. The van der Waals surface area contributed by atoms with Crippen LogP contribution in [0.25, 0.3) is 0 Å². The largest absolute Gasteiger partial charge is 0.478 e. The number of aliphatic carboxylic acids is 1. The van der Waals surface area contributed by atoms with Crippen LogP contribution in [0.2, 0.25) is 0 Å². The van der Waals surface area contributed by atoms with Gasteiger partial charge in [-0.25, -0.2) is 4.79 Å². The minimum atomic E-state index is -1.08. The van der Waals surface area contributed by atoms with Crippen molar-refractivity contribution >= 4 is 23.3 Å². The van der Waals surface area contributed by atoms with Gasteiger partial charge in [0.15, 0.2) is 17.4 Å². The van der Waals surface area contributed by atoms with Crippen LogP contribution in [0, 0.1) is 0 Å². The average molecular weight is 350 g/mol. The normalized spacial score (nSPS) is 10.9. The lowest BCUT2D eigenvalue weighted by molar-refractivity contribution is -0.157. The third kappa shape index (κ3) is 8.22. The summed E-state index contributed by atoms with van der Waals surface area (Å²) in [4.78, 5) is 12.0. The number of para-hydroxylation sites is 1. The summed E-state index contributed by atoms with van der Waals surface area (Å²) in [7, 11) is 0. The van der Waals surface area contributed by atoms with Crippen LogP contribution in [-0.2, 0) is 4.79 Å².